The number of rotatable bonds is 10. The summed E-state index contributed by atoms with van der Waals surface area (Å²) in [5.74, 6) is 1.20. The van der Waals surface area contributed by atoms with E-state index in [9.17, 15) is 4.39 Å². The quantitative estimate of drug-likeness (QED) is 0.193. The first-order valence-electron chi connectivity index (χ1n) is 12.0. The fourth-order valence-electron chi connectivity index (χ4n) is 4.17. The molecule has 33 heavy (non-hydrogen) atoms. The average Bonchev–Trinajstić information content (AvgIpc) is 2.84. The maximum Gasteiger partial charge on any atom is 0.191 e. The lowest BCUT2D eigenvalue weighted by Gasteiger charge is -2.35. The van der Waals surface area contributed by atoms with Gasteiger partial charge in [-0.1, -0.05) is 13.0 Å². The number of hydrogen-bond acceptors (Lipinski definition) is 5. The third kappa shape index (κ3) is 9.54. The van der Waals surface area contributed by atoms with Gasteiger partial charge in [0, 0.05) is 72.7 Å². The minimum atomic E-state index is -0.154. The van der Waals surface area contributed by atoms with Crippen molar-refractivity contribution >= 4 is 35.6 Å². The molecule has 0 aliphatic carbocycles. The van der Waals surface area contributed by atoms with Crippen LogP contribution in [0.1, 0.15) is 31.7 Å². The second kappa shape index (κ2) is 15.7. The van der Waals surface area contributed by atoms with Crippen molar-refractivity contribution < 1.29 is 13.9 Å². The first-order chi connectivity index (χ1) is 15.7. The van der Waals surface area contributed by atoms with Gasteiger partial charge in [-0.25, -0.2) is 4.39 Å². The Labute approximate surface area is 215 Å². The SMILES string of the molecule is CCN1CCN(c2ccc(CNC(=NC)NCCCOCC3CCOCC3)cc2F)CC1.I. The molecule has 2 aliphatic rings. The molecule has 7 nitrogen and oxygen atoms in total. The molecule has 2 aliphatic heterocycles. The summed E-state index contributed by atoms with van der Waals surface area (Å²) in [6.45, 7) is 11.5. The molecule has 3 rings (SSSR count). The molecule has 2 heterocycles. The summed E-state index contributed by atoms with van der Waals surface area (Å²) >= 11 is 0. The van der Waals surface area contributed by atoms with Crippen LogP contribution in [-0.4, -0.2) is 83.6 Å². The predicted molar refractivity (Wildman–Crippen MR) is 143 cm³/mol. The van der Waals surface area contributed by atoms with Crippen molar-refractivity contribution in [1.82, 2.24) is 15.5 Å². The van der Waals surface area contributed by atoms with Crippen molar-refractivity contribution in [3.8, 4) is 0 Å². The fourth-order valence-corrected chi connectivity index (χ4v) is 4.17. The summed E-state index contributed by atoms with van der Waals surface area (Å²) in [4.78, 5) is 8.79. The molecule has 188 valence electrons. The largest absolute Gasteiger partial charge is 0.381 e. The molecular weight excluding hydrogens is 536 g/mol. The van der Waals surface area contributed by atoms with Crippen LogP contribution < -0.4 is 15.5 Å². The van der Waals surface area contributed by atoms with E-state index in [0.29, 0.717) is 18.2 Å². The van der Waals surface area contributed by atoms with Gasteiger partial charge in [-0.3, -0.25) is 4.99 Å². The van der Waals surface area contributed by atoms with Gasteiger partial charge >= 0.3 is 0 Å². The van der Waals surface area contributed by atoms with Gasteiger partial charge in [0.1, 0.15) is 5.82 Å². The zero-order valence-corrected chi connectivity index (χ0v) is 22.5. The molecule has 0 bridgehead atoms. The Morgan fingerprint density at radius 1 is 1.18 bits per heavy atom. The number of halogens is 2. The molecule has 1 aromatic carbocycles. The lowest BCUT2D eigenvalue weighted by atomic mass is 10.0. The van der Waals surface area contributed by atoms with E-state index in [4.69, 9.17) is 9.47 Å². The zero-order chi connectivity index (χ0) is 22.6. The van der Waals surface area contributed by atoms with Crippen LogP contribution in [0.5, 0.6) is 0 Å². The molecule has 2 N–H and O–H groups in total. The Hall–Kier alpha value is -1.17. The summed E-state index contributed by atoms with van der Waals surface area (Å²) in [5, 5.41) is 6.56. The monoisotopic (exact) mass is 577 g/mol. The molecule has 2 saturated heterocycles. The van der Waals surface area contributed by atoms with Crippen LogP contribution in [0.2, 0.25) is 0 Å². The van der Waals surface area contributed by atoms with E-state index in [0.717, 1.165) is 96.5 Å². The van der Waals surface area contributed by atoms with Gasteiger partial charge in [-0.2, -0.15) is 0 Å². The number of aliphatic imine (C=N–C) groups is 1. The highest BCUT2D eigenvalue weighted by molar-refractivity contribution is 14.0. The molecule has 0 aromatic heterocycles. The van der Waals surface area contributed by atoms with E-state index >= 15 is 0 Å². The van der Waals surface area contributed by atoms with Crippen LogP contribution in [0.3, 0.4) is 0 Å². The molecule has 0 atom stereocenters. The molecular formula is C24H41FIN5O2. The van der Waals surface area contributed by atoms with Crippen molar-refractivity contribution in [3.05, 3.63) is 29.6 Å². The number of anilines is 1. The maximum absolute atomic E-state index is 14.7. The number of guanidine groups is 1. The van der Waals surface area contributed by atoms with Crippen LogP contribution in [0.15, 0.2) is 23.2 Å². The van der Waals surface area contributed by atoms with Crippen LogP contribution in [0, 0.1) is 11.7 Å². The van der Waals surface area contributed by atoms with Crippen LogP contribution in [-0.2, 0) is 16.0 Å². The summed E-state index contributed by atoms with van der Waals surface area (Å²) in [5.41, 5.74) is 1.61. The average molecular weight is 578 g/mol. The Kier molecular flexibility index (Phi) is 13.3. The van der Waals surface area contributed by atoms with Crippen molar-refractivity contribution in [2.75, 3.05) is 77.6 Å². The van der Waals surface area contributed by atoms with E-state index < -0.39 is 0 Å². The topological polar surface area (TPSA) is 61.4 Å². The number of hydrogen-bond donors (Lipinski definition) is 2. The van der Waals surface area contributed by atoms with Gasteiger partial charge in [0.15, 0.2) is 5.96 Å². The first-order valence-corrected chi connectivity index (χ1v) is 12.0. The molecule has 0 unspecified atom stereocenters. The minimum absolute atomic E-state index is 0. The second-order valence-corrected chi connectivity index (χ2v) is 8.54. The highest BCUT2D eigenvalue weighted by Gasteiger charge is 2.18. The summed E-state index contributed by atoms with van der Waals surface area (Å²) in [7, 11) is 1.75. The van der Waals surface area contributed by atoms with Gasteiger partial charge in [-0.05, 0) is 49.4 Å². The number of nitrogens with zero attached hydrogens (tertiary/aromatic N) is 3. The molecule has 0 radical (unpaired) electrons. The van der Waals surface area contributed by atoms with Crippen LogP contribution in [0.25, 0.3) is 0 Å². The summed E-state index contributed by atoms with van der Waals surface area (Å²) in [6, 6.07) is 5.53. The third-order valence-electron chi connectivity index (χ3n) is 6.31. The van der Waals surface area contributed by atoms with E-state index in [1.165, 1.54) is 0 Å². The molecule has 0 saturated carbocycles. The third-order valence-corrected chi connectivity index (χ3v) is 6.31. The lowest BCUT2D eigenvalue weighted by molar-refractivity contribution is 0.0203. The Balaban J connectivity index is 0.00000385. The van der Waals surface area contributed by atoms with Crippen LogP contribution >= 0.6 is 24.0 Å². The highest BCUT2D eigenvalue weighted by Crippen LogP contribution is 2.22. The first kappa shape index (κ1) is 28.1. The highest BCUT2D eigenvalue weighted by atomic mass is 127. The van der Waals surface area contributed by atoms with Gasteiger partial charge in [-0.15, -0.1) is 24.0 Å². The molecule has 2 fully saturated rings. The standard InChI is InChI=1S/C24H40FN5O2.HI/c1-3-29-10-12-30(13-11-29)23-6-5-21(17-22(23)25)18-28-24(26-2)27-9-4-14-32-19-20-7-15-31-16-8-20;/h5-6,17,20H,3-4,7-16,18-19H2,1-2H3,(H2,26,27,28);1H. The predicted octanol–water partition coefficient (Wildman–Crippen LogP) is 3.08. The van der Waals surface area contributed by atoms with Crippen LogP contribution in [0.4, 0.5) is 10.1 Å². The van der Waals surface area contributed by atoms with Gasteiger partial charge in [0.05, 0.1) is 5.69 Å². The van der Waals surface area contributed by atoms with Crippen molar-refractivity contribution in [1.29, 1.82) is 0 Å². The van der Waals surface area contributed by atoms with Crippen molar-refractivity contribution in [3.63, 3.8) is 0 Å². The minimum Gasteiger partial charge on any atom is -0.381 e. The Morgan fingerprint density at radius 3 is 2.61 bits per heavy atom. The van der Waals surface area contributed by atoms with E-state index in [1.807, 2.05) is 12.1 Å². The van der Waals surface area contributed by atoms with E-state index in [2.05, 4.69) is 32.3 Å². The molecule has 9 heteroatoms. The van der Waals surface area contributed by atoms with E-state index in [1.54, 1.807) is 13.1 Å². The number of benzene rings is 1. The normalized spacial score (nSPS) is 18.2. The Bertz CT molecular complexity index is 710. The molecule has 1 aromatic rings. The fraction of sp³-hybridized carbons (Fsp3) is 0.708. The van der Waals surface area contributed by atoms with Gasteiger partial charge < -0.3 is 29.9 Å². The van der Waals surface area contributed by atoms with Crippen molar-refractivity contribution in [2.45, 2.75) is 32.7 Å². The van der Waals surface area contributed by atoms with Gasteiger partial charge in [0.2, 0.25) is 0 Å². The van der Waals surface area contributed by atoms with Gasteiger partial charge in [0.25, 0.3) is 0 Å². The van der Waals surface area contributed by atoms with E-state index in [-0.39, 0.29) is 29.8 Å². The summed E-state index contributed by atoms with van der Waals surface area (Å²) in [6.07, 6.45) is 3.12. The molecule has 0 amide bonds. The number of ether oxygens (including phenoxy) is 2. The molecule has 0 spiro atoms. The smallest absolute Gasteiger partial charge is 0.191 e. The zero-order valence-electron chi connectivity index (χ0n) is 20.2. The lowest BCUT2D eigenvalue weighted by Crippen LogP contribution is -2.46. The number of nitrogens with one attached hydrogen (secondary N) is 2. The number of likely N-dealkylation sites (N-methyl/N-ethyl adjacent to an activating group) is 1. The number of piperazine rings is 1. The second-order valence-electron chi connectivity index (χ2n) is 8.54. The summed E-state index contributed by atoms with van der Waals surface area (Å²) < 4.78 is 25.9. The van der Waals surface area contributed by atoms with Crippen molar-refractivity contribution in [2.24, 2.45) is 10.9 Å². The maximum atomic E-state index is 14.7. The Morgan fingerprint density at radius 2 is 1.94 bits per heavy atom.